The second kappa shape index (κ2) is 5.68. The Morgan fingerprint density at radius 1 is 1.41 bits per heavy atom. The maximum Gasteiger partial charge on any atom is 0.253 e. The summed E-state index contributed by atoms with van der Waals surface area (Å²) in [4.78, 5) is 11.9. The Morgan fingerprint density at radius 2 is 2.24 bits per heavy atom. The Bertz CT molecular complexity index is 386. The first-order valence-corrected chi connectivity index (χ1v) is 5.87. The van der Waals surface area contributed by atoms with Crippen LogP contribution in [0.15, 0.2) is 24.3 Å². The molecule has 0 radical (unpaired) electrons. The number of anilines is 1. The standard InChI is InChI=1S/C13H17NO3/c1-16-11-7-3-2-6-10(11)14-13(15)12-8-4-5-9-17-12/h2-3,6-7,12H,4-5,8-9H2,1H3,(H,14,15). The van der Waals surface area contributed by atoms with Gasteiger partial charge in [0.05, 0.1) is 12.8 Å². The molecule has 0 saturated carbocycles. The maximum atomic E-state index is 11.9. The molecule has 0 bridgehead atoms. The molecule has 1 aromatic carbocycles. The van der Waals surface area contributed by atoms with E-state index >= 15 is 0 Å². The fourth-order valence-corrected chi connectivity index (χ4v) is 1.91. The predicted octanol–water partition coefficient (Wildman–Crippen LogP) is 2.20. The van der Waals surface area contributed by atoms with E-state index < -0.39 is 0 Å². The van der Waals surface area contributed by atoms with E-state index in [1.807, 2.05) is 24.3 Å². The van der Waals surface area contributed by atoms with Gasteiger partial charge in [-0.1, -0.05) is 12.1 Å². The number of ether oxygens (including phenoxy) is 2. The highest BCUT2D eigenvalue weighted by Gasteiger charge is 2.22. The van der Waals surface area contributed by atoms with Gasteiger partial charge in [-0.05, 0) is 31.4 Å². The molecule has 1 aromatic rings. The second-order valence-corrected chi connectivity index (χ2v) is 4.04. The second-order valence-electron chi connectivity index (χ2n) is 4.04. The van der Waals surface area contributed by atoms with Gasteiger partial charge in [0, 0.05) is 6.61 Å². The van der Waals surface area contributed by atoms with Crippen LogP contribution in [0.5, 0.6) is 5.75 Å². The molecule has 1 unspecified atom stereocenters. The number of para-hydroxylation sites is 2. The molecule has 0 spiro atoms. The zero-order valence-corrected chi connectivity index (χ0v) is 9.94. The fraction of sp³-hybridized carbons (Fsp3) is 0.462. The summed E-state index contributed by atoms with van der Waals surface area (Å²) in [6.45, 7) is 0.671. The summed E-state index contributed by atoms with van der Waals surface area (Å²) in [6.07, 6.45) is 2.55. The van der Waals surface area contributed by atoms with Crippen molar-refractivity contribution in [3.05, 3.63) is 24.3 Å². The van der Waals surface area contributed by atoms with Crippen molar-refractivity contribution < 1.29 is 14.3 Å². The van der Waals surface area contributed by atoms with Crippen molar-refractivity contribution >= 4 is 11.6 Å². The van der Waals surface area contributed by atoms with E-state index in [4.69, 9.17) is 9.47 Å². The Balaban J connectivity index is 2.01. The van der Waals surface area contributed by atoms with Gasteiger partial charge in [-0.25, -0.2) is 0 Å². The molecule has 1 amide bonds. The lowest BCUT2D eigenvalue weighted by atomic mass is 10.1. The summed E-state index contributed by atoms with van der Waals surface area (Å²) < 4.78 is 10.6. The Hall–Kier alpha value is -1.55. The first-order chi connectivity index (χ1) is 8.31. The van der Waals surface area contributed by atoms with Crippen LogP contribution in [0.4, 0.5) is 5.69 Å². The molecular weight excluding hydrogens is 218 g/mol. The van der Waals surface area contributed by atoms with Gasteiger partial charge in [-0.15, -0.1) is 0 Å². The molecule has 4 nitrogen and oxygen atoms in total. The van der Waals surface area contributed by atoms with Crippen LogP contribution in [0.2, 0.25) is 0 Å². The summed E-state index contributed by atoms with van der Waals surface area (Å²) in [7, 11) is 1.59. The molecular formula is C13H17NO3. The van der Waals surface area contributed by atoms with E-state index in [1.165, 1.54) is 0 Å². The smallest absolute Gasteiger partial charge is 0.253 e. The number of methoxy groups -OCH3 is 1. The summed E-state index contributed by atoms with van der Waals surface area (Å²) in [6, 6.07) is 7.36. The number of amides is 1. The lowest BCUT2D eigenvalue weighted by Gasteiger charge is -2.22. The molecule has 1 saturated heterocycles. The van der Waals surface area contributed by atoms with E-state index in [9.17, 15) is 4.79 Å². The molecule has 0 aliphatic carbocycles. The minimum atomic E-state index is -0.325. The highest BCUT2D eigenvalue weighted by Crippen LogP contribution is 2.24. The Labute approximate surface area is 101 Å². The van der Waals surface area contributed by atoms with Crippen LogP contribution >= 0.6 is 0 Å². The molecule has 1 aliphatic heterocycles. The van der Waals surface area contributed by atoms with Crippen molar-refractivity contribution in [2.75, 3.05) is 19.0 Å². The van der Waals surface area contributed by atoms with Crippen molar-refractivity contribution in [2.45, 2.75) is 25.4 Å². The van der Waals surface area contributed by atoms with Gasteiger partial charge in [0.2, 0.25) is 0 Å². The Kier molecular flexibility index (Phi) is 3.98. The van der Waals surface area contributed by atoms with Gasteiger partial charge in [-0.2, -0.15) is 0 Å². The van der Waals surface area contributed by atoms with E-state index in [0.29, 0.717) is 18.0 Å². The van der Waals surface area contributed by atoms with Crippen LogP contribution in [0.3, 0.4) is 0 Å². The van der Waals surface area contributed by atoms with Crippen LogP contribution in [0.25, 0.3) is 0 Å². The van der Waals surface area contributed by atoms with Gasteiger partial charge in [-0.3, -0.25) is 4.79 Å². The lowest BCUT2D eigenvalue weighted by Crippen LogP contribution is -2.33. The maximum absolute atomic E-state index is 11.9. The van der Waals surface area contributed by atoms with Gasteiger partial charge in [0.25, 0.3) is 5.91 Å². The predicted molar refractivity (Wildman–Crippen MR) is 65.2 cm³/mol. The molecule has 1 fully saturated rings. The normalized spacial score (nSPS) is 19.7. The van der Waals surface area contributed by atoms with Crippen LogP contribution in [-0.2, 0) is 9.53 Å². The van der Waals surface area contributed by atoms with Crippen LogP contribution in [0, 0.1) is 0 Å². The topological polar surface area (TPSA) is 47.6 Å². The quantitative estimate of drug-likeness (QED) is 0.873. The van der Waals surface area contributed by atoms with Crippen molar-refractivity contribution in [1.82, 2.24) is 0 Å². The van der Waals surface area contributed by atoms with Gasteiger partial charge >= 0.3 is 0 Å². The Morgan fingerprint density at radius 3 is 2.94 bits per heavy atom. The van der Waals surface area contributed by atoms with E-state index in [-0.39, 0.29) is 12.0 Å². The largest absolute Gasteiger partial charge is 0.495 e. The van der Waals surface area contributed by atoms with Gasteiger partial charge in [0.15, 0.2) is 0 Å². The van der Waals surface area contributed by atoms with Crippen molar-refractivity contribution in [3.8, 4) is 5.75 Å². The molecule has 17 heavy (non-hydrogen) atoms. The minimum Gasteiger partial charge on any atom is -0.495 e. The van der Waals surface area contributed by atoms with E-state index in [2.05, 4.69) is 5.32 Å². The molecule has 1 atom stereocenters. The summed E-state index contributed by atoms with van der Waals surface area (Å²) in [5, 5.41) is 2.84. The number of hydrogen-bond acceptors (Lipinski definition) is 3. The average molecular weight is 235 g/mol. The highest BCUT2D eigenvalue weighted by atomic mass is 16.5. The number of benzene rings is 1. The van der Waals surface area contributed by atoms with Gasteiger partial charge in [0.1, 0.15) is 11.9 Å². The zero-order chi connectivity index (χ0) is 12.1. The van der Waals surface area contributed by atoms with E-state index in [0.717, 1.165) is 19.3 Å². The molecule has 92 valence electrons. The van der Waals surface area contributed by atoms with Crippen LogP contribution in [-0.4, -0.2) is 25.7 Å². The third kappa shape index (κ3) is 2.97. The van der Waals surface area contributed by atoms with Crippen LogP contribution < -0.4 is 10.1 Å². The van der Waals surface area contributed by atoms with E-state index in [1.54, 1.807) is 7.11 Å². The van der Waals surface area contributed by atoms with Crippen molar-refractivity contribution in [1.29, 1.82) is 0 Å². The summed E-state index contributed by atoms with van der Waals surface area (Å²) >= 11 is 0. The van der Waals surface area contributed by atoms with Crippen molar-refractivity contribution in [2.24, 2.45) is 0 Å². The molecule has 1 N–H and O–H groups in total. The molecule has 0 aromatic heterocycles. The first kappa shape index (κ1) is 11.9. The van der Waals surface area contributed by atoms with Crippen LogP contribution in [0.1, 0.15) is 19.3 Å². The first-order valence-electron chi connectivity index (χ1n) is 5.87. The third-order valence-electron chi connectivity index (χ3n) is 2.84. The van der Waals surface area contributed by atoms with Crippen molar-refractivity contribution in [3.63, 3.8) is 0 Å². The average Bonchev–Trinajstić information content (AvgIpc) is 2.40. The molecule has 2 rings (SSSR count). The fourth-order valence-electron chi connectivity index (χ4n) is 1.91. The monoisotopic (exact) mass is 235 g/mol. The minimum absolute atomic E-state index is 0.0887. The lowest BCUT2D eigenvalue weighted by molar-refractivity contribution is -0.129. The third-order valence-corrected chi connectivity index (χ3v) is 2.84. The number of rotatable bonds is 3. The zero-order valence-electron chi connectivity index (χ0n) is 9.94. The number of hydrogen-bond donors (Lipinski definition) is 1. The number of carbonyl (C=O) groups is 1. The summed E-state index contributed by atoms with van der Waals surface area (Å²) in [5.74, 6) is 0.575. The highest BCUT2D eigenvalue weighted by molar-refractivity contribution is 5.95. The molecule has 4 heteroatoms. The van der Waals surface area contributed by atoms with Gasteiger partial charge < -0.3 is 14.8 Å². The SMILES string of the molecule is COc1ccccc1NC(=O)C1CCCCO1. The summed E-state index contributed by atoms with van der Waals surface area (Å²) in [5.41, 5.74) is 0.689. The molecule has 1 heterocycles. The number of nitrogens with one attached hydrogen (secondary N) is 1. The molecule has 1 aliphatic rings. The number of carbonyl (C=O) groups excluding carboxylic acids is 1.